The molecular weight excluding hydrogens is 436 g/mol. The Morgan fingerprint density at radius 2 is 1.91 bits per heavy atom. The molecule has 172 valence electrons. The molecule has 2 amide bonds. The molecule has 1 N–H and O–H groups in total. The maximum absolute atomic E-state index is 13.7. The molecule has 2 aliphatic carbocycles. The Hall–Kier alpha value is -2.86. The van der Waals surface area contributed by atoms with Crippen molar-refractivity contribution < 1.29 is 9.59 Å². The van der Waals surface area contributed by atoms with Gasteiger partial charge in [-0.3, -0.25) is 19.5 Å². The van der Waals surface area contributed by atoms with Crippen LogP contribution in [-0.4, -0.2) is 33.3 Å². The summed E-state index contributed by atoms with van der Waals surface area (Å²) in [5.41, 5.74) is 2.44. The van der Waals surface area contributed by atoms with Gasteiger partial charge in [-0.2, -0.15) is 0 Å². The van der Waals surface area contributed by atoms with Crippen LogP contribution in [0.25, 0.3) is 10.9 Å². The average molecular weight is 465 g/mol. The topological polar surface area (TPSA) is 67.2 Å². The van der Waals surface area contributed by atoms with Crippen LogP contribution >= 0.6 is 11.6 Å². The second kappa shape index (κ2) is 9.56. The molecule has 0 aliphatic heterocycles. The number of hydrogen-bond donors (Lipinski definition) is 1. The number of aromatic nitrogens is 2. The summed E-state index contributed by atoms with van der Waals surface area (Å²) in [7, 11) is 0. The van der Waals surface area contributed by atoms with E-state index >= 15 is 0 Å². The minimum absolute atomic E-state index is 0.130. The number of benzene rings is 1. The zero-order chi connectivity index (χ0) is 22.8. The molecule has 7 heteroatoms. The number of anilines is 1. The second-order valence-corrected chi connectivity index (χ2v) is 9.36. The molecule has 1 aromatic carbocycles. The molecule has 1 atom stereocenters. The summed E-state index contributed by atoms with van der Waals surface area (Å²) in [5, 5.41) is 4.17. The van der Waals surface area contributed by atoms with Gasteiger partial charge in [-0.15, -0.1) is 11.6 Å². The van der Waals surface area contributed by atoms with Crippen LogP contribution in [0.2, 0.25) is 0 Å². The zero-order valence-electron chi connectivity index (χ0n) is 18.6. The van der Waals surface area contributed by atoms with Crippen LogP contribution in [-0.2, 0) is 9.59 Å². The first kappa shape index (κ1) is 22.0. The highest BCUT2D eigenvalue weighted by atomic mass is 35.5. The molecule has 1 unspecified atom stereocenters. The van der Waals surface area contributed by atoms with Crippen LogP contribution in [0.15, 0.2) is 55.0 Å². The summed E-state index contributed by atoms with van der Waals surface area (Å²) in [6.45, 7) is 0. The van der Waals surface area contributed by atoms with Gasteiger partial charge in [0.2, 0.25) is 11.8 Å². The van der Waals surface area contributed by atoms with Crippen LogP contribution in [0.4, 0.5) is 5.69 Å². The van der Waals surface area contributed by atoms with Gasteiger partial charge in [0.05, 0.1) is 11.2 Å². The summed E-state index contributed by atoms with van der Waals surface area (Å²) >= 11 is 6.10. The fourth-order valence-electron chi connectivity index (χ4n) is 5.02. The number of fused-ring (bicyclic) bond motifs is 1. The monoisotopic (exact) mass is 464 g/mol. The summed E-state index contributed by atoms with van der Waals surface area (Å²) in [4.78, 5) is 32.8. The largest absolute Gasteiger partial charge is 0.351 e. The summed E-state index contributed by atoms with van der Waals surface area (Å²) < 4.78 is 2.27. The second-order valence-electron chi connectivity index (χ2n) is 9.09. The number of nitrogens with zero attached hydrogens (tertiary/aromatic N) is 3. The SMILES string of the molecule is O=C(NC1CCCCC1)C(c1cccnc1)N(C(=O)CCl)c1cccc2c1ccn2C1CC1. The van der Waals surface area contributed by atoms with Crippen molar-refractivity contribution in [2.45, 2.75) is 63.1 Å². The van der Waals surface area contributed by atoms with Crippen molar-refractivity contribution in [1.82, 2.24) is 14.9 Å². The van der Waals surface area contributed by atoms with Crippen molar-refractivity contribution >= 4 is 40.0 Å². The Bertz CT molecular complexity index is 1140. The third-order valence-corrected chi connectivity index (χ3v) is 7.01. The van der Waals surface area contributed by atoms with Gasteiger partial charge in [0.25, 0.3) is 0 Å². The van der Waals surface area contributed by atoms with E-state index in [4.69, 9.17) is 11.6 Å². The van der Waals surface area contributed by atoms with E-state index in [1.54, 1.807) is 23.4 Å². The Morgan fingerprint density at radius 3 is 2.61 bits per heavy atom. The third-order valence-electron chi connectivity index (χ3n) is 6.78. The highest BCUT2D eigenvalue weighted by Gasteiger charge is 2.35. The molecule has 2 fully saturated rings. The number of alkyl halides is 1. The number of nitrogens with one attached hydrogen (secondary N) is 1. The lowest BCUT2D eigenvalue weighted by Crippen LogP contribution is -2.47. The molecule has 0 radical (unpaired) electrons. The molecular formula is C26H29ClN4O2. The van der Waals surface area contributed by atoms with Gasteiger partial charge < -0.3 is 9.88 Å². The van der Waals surface area contributed by atoms with Crippen LogP contribution in [0.5, 0.6) is 0 Å². The summed E-state index contributed by atoms with van der Waals surface area (Å²) in [6.07, 6.45) is 13.1. The minimum Gasteiger partial charge on any atom is -0.351 e. The highest BCUT2D eigenvalue weighted by molar-refractivity contribution is 6.30. The predicted molar refractivity (Wildman–Crippen MR) is 130 cm³/mol. The van der Waals surface area contributed by atoms with Crippen molar-refractivity contribution in [3.05, 3.63) is 60.6 Å². The van der Waals surface area contributed by atoms with Gasteiger partial charge in [-0.1, -0.05) is 31.4 Å². The Labute approximate surface area is 198 Å². The first-order valence-electron chi connectivity index (χ1n) is 11.8. The van der Waals surface area contributed by atoms with E-state index in [9.17, 15) is 9.59 Å². The summed E-state index contributed by atoms with van der Waals surface area (Å²) in [5.74, 6) is -0.712. The van der Waals surface area contributed by atoms with Crippen molar-refractivity contribution in [3.63, 3.8) is 0 Å². The van der Waals surface area contributed by atoms with Gasteiger partial charge in [0, 0.05) is 41.6 Å². The highest BCUT2D eigenvalue weighted by Crippen LogP contribution is 2.41. The predicted octanol–water partition coefficient (Wildman–Crippen LogP) is 5.13. The van der Waals surface area contributed by atoms with E-state index in [1.165, 1.54) is 19.3 Å². The van der Waals surface area contributed by atoms with Crippen molar-refractivity contribution in [3.8, 4) is 0 Å². The minimum atomic E-state index is -0.846. The lowest BCUT2D eigenvalue weighted by atomic mass is 9.94. The van der Waals surface area contributed by atoms with Gasteiger partial charge >= 0.3 is 0 Å². The molecule has 5 rings (SSSR count). The number of pyridine rings is 1. The molecule has 3 aromatic rings. The third kappa shape index (κ3) is 4.49. The smallest absolute Gasteiger partial charge is 0.248 e. The lowest BCUT2D eigenvalue weighted by molar-refractivity contribution is -0.126. The van der Waals surface area contributed by atoms with E-state index in [-0.39, 0.29) is 23.7 Å². The van der Waals surface area contributed by atoms with Gasteiger partial charge in [0.15, 0.2) is 0 Å². The zero-order valence-corrected chi connectivity index (χ0v) is 19.4. The first-order valence-corrected chi connectivity index (χ1v) is 12.4. The molecule has 33 heavy (non-hydrogen) atoms. The van der Waals surface area contributed by atoms with Gasteiger partial charge in [0.1, 0.15) is 11.9 Å². The average Bonchev–Trinajstić information content (AvgIpc) is 3.61. The van der Waals surface area contributed by atoms with E-state index in [0.717, 1.165) is 36.6 Å². The van der Waals surface area contributed by atoms with E-state index in [0.29, 0.717) is 17.3 Å². The number of halogens is 1. The standard InChI is InChI=1S/C26H29ClN4O2/c27-16-24(32)31(23-10-4-9-22-21(23)13-15-30(22)20-11-12-20)25(18-6-5-14-28-17-18)26(33)29-19-7-2-1-3-8-19/h4-6,9-10,13-15,17,19-20,25H,1-3,7-8,11-12,16H2,(H,29,33). The first-order chi connectivity index (χ1) is 16.2. The quantitative estimate of drug-likeness (QED) is 0.492. The van der Waals surface area contributed by atoms with Crippen LogP contribution in [0.1, 0.15) is 62.6 Å². The Morgan fingerprint density at radius 1 is 1.09 bits per heavy atom. The normalized spacial score (nSPS) is 17.6. The number of carbonyl (C=O) groups is 2. The molecule has 2 aromatic heterocycles. The molecule has 0 bridgehead atoms. The maximum atomic E-state index is 13.7. The van der Waals surface area contributed by atoms with Crippen molar-refractivity contribution in [1.29, 1.82) is 0 Å². The van der Waals surface area contributed by atoms with E-state index < -0.39 is 6.04 Å². The van der Waals surface area contributed by atoms with E-state index in [2.05, 4.69) is 27.1 Å². The molecule has 2 saturated carbocycles. The van der Waals surface area contributed by atoms with Crippen LogP contribution in [0, 0.1) is 0 Å². The molecule has 0 saturated heterocycles. The van der Waals surface area contributed by atoms with Crippen molar-refractivity contribution in [2.75, 3.05) is 10.8 Å². The number of carbonyl (C=O) groups excluding carboxylic acids is 2. The fraction of sp³-hybridized carbons (Fsp3) is 0.423. The molecule has 6 nitrogen and oxygen atoms in total. The summed E-state index contributed by atoms with van der Waals surface area (Å²) in [6, 6.07) is 11.4. The lowest BCUT2D eigenvalue weighted by Gasteiger charge is -2.33. The van der Waals surface area contributed by atoms with Gasteiger partial charge in [-0.05, 0) is 49.9 Å². The Balaban J connectivity index is 1.59. The number of amides is 2. The van der Waals surface area contributed by atoms with Gasteiger partial charge in [-0.25, -0.2) is 0 Å². The molecule has 0 spiro atoms. The van der Waals surface area contributed by atoms with Crippen molar-refractivity contribution in [2.24, 2.45) is 0 Å². The number of rotatable bonds is 7. The number of hydrogen-bond acceptors (Lipinski definition) is 3. The van der Waals surface area contributed by atoms with Crippen LogP contribution in [0.3, 0.4) is 0 Å². The fourth-order valence-corrected chi connectivity index (χ4v) is 5.15. The Kier molecular flexibility index (Phi) is 6.36. The molecule has 2 heterocycles. The molecule has 2 aliphatic rings. The maximum Gasteiger partial charge on any atom is 0.248 e. The van der Waals surface area contributed by atoms with Crippen LogP contribution < -0.4 is 10.2 Å². The van der Waals surface area contributed by atoms with E-state index in [1.807, 2.05) is 24.3 Å².